The van der Waals surface area contributed by atoms with Gasteiger partial charge in [-0.25, -0.2) is 0 Å². The van der Waals surface area contributed by atoms with E-state index in [0.717, 1.165) is 18.5 Å². The highest BCUT2D eigenvalue weighted by molar-refractivity contribution is 5.94. The Kier molecular flexibility index (Phi) is 5.25. The highest BCUT2D eigenvalue weighted by Crippen LogP contribution is 2.28. The second kappa shape index (κ2) is 7.77. The first-order valence-electron chi connectivity index (χ1n) is 8.24. The van der Waals surface area contributed by atoms with Crippen LogP contribution in [0, 0.1) is 0 Å². The van der Waals surface area contributed by atoms with Crippen molar-refractivity contribution in [3.8, 4) is 0 Å². The summed E-state index contributed by atoms with van der Waals surface area (Å²) in [5.41, 5.74) is 1.49. The van der Waals surface area contributed by atoms with Crippen molar-refractivity contribution in [2.24, 2.45) is 0 Å². The molecule has 6 heteroatoms. The van der Waals surface area contributed by atoms with Gasteiger partial charge in [0.1, 0.15) is 6.26 Å². The SMILES string of the molecule is O=C(CCN(C(=O)c1ccoc1)C1CC1)NCCc1ccccn1. The third-order valence-corrected chi connectivity index (χ3v) is 4.03. The molecule has 0 atom stereocenters. The molecule has 1 saturated carbocycles. The van der Waals surface area contributed by atoms with Crippen molar-refractivity contribution in [3.05, 3.63) is 54.2 Å². The molecule has 0 unspecified atom stereocenters. The summed E-state index contributed by atoms with van der Waals surface area (Å²) in [4.78, 5) is 30.4. The maximum atomic E-state index is 12.4. The number of furan rings is 1. The largest absolute Gasteiger partial charge is 0.472 e. The van der Waals surface area contributed by atoms with Crippen molar-refractivity contribution in [2.45, 2.75) is 31.7 Å². The summed E-state index contributed by atoms with van der Waals surface area (Å²) >= 11 is 0. The Morgan fingerprint density at radius 3 is 2.83 bits per heavy atom. The molecular weight excluding hydrogens is 306 g/mol. The molecule has 2 heterocycles. The van der Waals surface area contributed by atoms with Crippen molar-refractivity contribution < 1.29 is 14.0 Å². The number of nitrogens with one attached hydrogen (secondary N) is 1. The number of rotatable bonds is 8. The van der Waals surface area contributed by atoms with E-state index >= 15 is 0 Å². The van der Waals surface area contributed by atoms with Crippen LogP contribution >= 0.6 is 0 Å². The third-order valence-electron chi connectivity index (χ3n) is 4.03. The van der Waals surface area contributed by atoms with E-state index in [9.17, 15) is 9.59 Å². The quantitative estimate of drug-likeness (QED) is 0.805. The molecule has 0 spiro atoms. The molecule has 3 rings (SSSR count). The van der Waals surface area contributed by atoms with Crippen LogP contribution in [0.25, 0.3) is 0 Å². The van der Waals surface area contributed by atoms with E-state index < -0.39 is 0 Å². The molecule has 2 amide bonds. The molecule has 6 nitrogen and oxygen atoms in total. The van der Waals surface area contributed by atoms with Gasteiger partial charge in [0, 0.05) is 43.9 Å². The summed E-state index contributed by atoms with van der Waals surface area (Å²) in [6.07, 6.45) is 7.70. The van der Waals surface area contributed by atoms with Gasteiger partial charge in [0.2, 0.25) is 5.91 Å². The zero-order chi connectivity index (χ0) is 16.8. The summed E-state index contributed by atoms with van der Waals surface area (Å²) in [6, 6.07) is 7.65. The molecule has 126 valence electrons. The van der Waals surface area contributed by atoms with Crippen molar-refractivity contribution in [1.82, 2.24) is 15.2 Å². The summed E-state index contributed by atoms with van der Waals surface area (Å²) in [5, 5.41) is 2.88. The van der Waals surface area contributed by atoms with E-state index in [1.807, 2.05) is 18.2 Å². The third kappa shape index (κ3) is 4.44. The Morgan fingerprint density at radius 2 is 2.17 bits per heavy atom. The fraction of sp³-hybridized carbons (Fsp3) is 0.389. The zero-order valence-electron chi connectivity index (χ0n) is 13.5. The van der Waals surface area contributed by atoms with Gasteiger partial charge in [-0.1, -0.05) is 6.07 Å². The molecule has 2 aromatic heterocycles. The van der Waals surface area contributed by atoms with Gasteiger partial charge in [0.15, 0.2) is 0 Å². The smallest absolute Gasteiger partial charge is 0.257 e. The molecule has 0 aromatic carbocycles. The van der Waals surface area contributed by atoms with E-state index in [1.165, 1.54) is 12.5 Å². The van der Waals surface area contributed by atoms with E-state index in [1.54, 1.807) is 17.2 Å². The predicted octanol–water partition coefficient (Wildman–Crippen LogP) is 2.03. The molecular formula is C18H21N3O3. The molecule has 1 N–H and O–H groups in total. The van der Waals surface area contributed by atoms with E-state index in [2.05, 4.69) is 10.3 Å². The number of hydrogen-bond donors (Lipinski definition) is 1. The Bertz CT molecular complexity index is 666. The summed E-state index contributed by atoms with van der Waals surface area (Å²) < 4.78 is 4.97. The van der Waals surface area contributed by atoms with E-state index in [0.29, 0.717) is 31.5 Å². The Labute approximate surface area is 140 Å². The molecule has 0 aliphatic heterocycles. The lowest BCUT2D eigenvalue weighted by Gasteiger charge is -2.21. The van der Waals surface area contributed by atoms with Gasteiger partial charge in [0.05, 0.1) is 11.8 Å². The number of aromatic nitrogens is 1. The summed E-state index contributed by atoms with van der Waals surface area (Å²) in [5.74, 6) is -0.107. The first-order valence-corrected chi connectivity index (χ1v) is 8.24. The van der Waals surface area contributed by atoms with Gasteiger partial charge in [0.25, 0.3) is 5.91 Å². The maximum absolute atomic E-state index is 12.4. The summed E-state index contributed by atoms with van der Waals surface area (Å²) in [6.45, 7) is 0.985. The number of hydrogen-bond acceptors (Lipinski definition) is 4. The molecule has 0 saturated heterocycles. The number of carbonyl (C=O) groups is 2. The maximum Gasteiger partial charge on any atom is 0.257 e. The fourth-order valence-electron chi connectivity index (χ4n) is 2.57. The standard InChI is InChI=1S/C18H21N3O3/c22-17(20-10-6-15-3-1-2-9-19-15)7-11-21(16-4-5-16)18(23)14-8-12-24-13-14/h1-3,8-9,12-13,16H,4-7,10-11H2,(H,20,22). The lowest BCUT2D eigenvalue weighted by Crippen LogP contribution is -2.37. The van der Waals surface area contributed by atoms with Gasteiger partial charge in [-0.15, -0.1) is 0 Å². The van der Waals surface area contributed by atoms with Crippen LogP contribution in [0.4, 0.5) is 0 Å². The lowest BCUT2D eigenvalue weighted by atomic mass is 10.2. The molecule has 1 fully saturated rings. The molecule has 24 heavy (non-hydrogen) atoms. The van der Waals surface area contributed by atoms with Gasteiger partial charge in [-0.2, -0.15) is 0 Å². The first-order chi connectivity index (χ1) is 11.7. The van der Waals surface area contributed by atoms with Crippen LogP contribution < -0.4 is 5.32 Å². The van der Waals surface area contributed by atoms with Gasteiger partial charge in [-0.05, 0) is 31.0 Å². The molecule has 2 aromatic rings. The Hall–Kier alpha value is -2.63. The molecule has 0 radical (unpaired) electrons. The Morgan fingerprint density at radius 1 is 1.29 bits per heavy atom. The average molecular weight is 327 g/mol. The average Bonchev–Trinajstić information content (AvgIpc) is 3.28. The van der Waals surface area contributed by atoms with Gasteiger partial charge < -0.3 is 14.6 Å². The zero-order valence-corrected chi connectivity index (χ0v) is 13.5. The number of nitrogens with zero attached hydrogens (tertiary/aromatic N) is 2. The van der Waals surface area contributed by atoms with Crippen LogP contribution in [-0.4, -0.2) is 40.8 Å². The summed E-state index contributed by atoms with van der Waals surface area (Å²) in [7, 11) is 0. The van der Waals surface area contributed by atoms with Crippen LogP contribution in [0.2, 0.25) is 0 Å². The number of amides is 2. The monoisotopic (exact) mass is 327 g/mol. The normalized spacial score (nSPS) is 13.5. The first kappa shape index (κ1) is 16.2. The second-order valence-corrected chi connectivity index (χ2v) is 5.91. The van der Waals surface area contributed by atoms with Gasteiger partial charge in [-0.3, -0.25) is 14.6 Å². The Balaban J connectivity index is 1.43. The van der Waals surface area contributed by atoms with Crippen molar-refractivity contribution in [3.63, 3.8) is 0 Å². The highest BCUT2D eigenvalue weighted by atomic mass is 16.3. The fourth-order valence-corrected chi connectivity index (χ4v) is 2.57. The number of carbonyl (C=O) groups excluding carboxylic acids is 2. The number of pyridine rings is 1. The second-order valence-electron chi connectivity index (χ2n) is 5.91. The molecule has 1 aliphatic rings. The van der Waals surface area contributed by atoms with E-state index in [-0.39, 0.29) is 17.9 Å². The lowest BCUT2D eigenvalue weighted by molar-refractivity contribution is -0.121. The van der Waals surface area contributed by atoms with Crippen LogP contribution in [-0.2, 0) is 11.2 Å². The van der Waals surface area contributed by atoms with E-state index in [4.69, 9.17) is 4.42 Å². The van der Waals surface area contributed by atoms with Crippen LogP contribution in [0.1, 0.15) is 35.3 Å². The van der Waals surface area contributed by atoms with Crippen molar-refractivity contribution in [1.29, 1.82) is 0 Å². The molecule has 0 bridgehead atoms. The van der Waals surface area contributed by atoms with Crippen LogP contribution in [0.5, 0.6) is 0 Å². The molecule has 1 aliphatic carbocycles. The highest BCUT2D eigenvalue weighted by Gasteiger charge is 2.33. The predicted molar refractivity (Wildman–Crippen MR) is 88.3 cm³/mol. The minimum absolute atomic E-state index is 0.0448. The minimum Gasteiger partial charge on any atom is -0.472 e. The van der Waals surface area contributed by atoms with Gasteiger partial charge >= 0.3 is 0 Å². The van der Waals surface area contributed by atoms with Crippen LogP contribution in [0.3, 0.4) is 0 Å². The topological polar surface area (TPSA) is 75.4 Å². The van der Waals surface area contributed by atoms with Crippen LogP contribution in [0.15, 0.2) is 47.4 Å². The minimum atomic E-state index is -0.0625. The van der Waals surface area contributed by atoms with Crippen molar-refractivity contribution >= 4 is 11.8 Å². The van der Waals surface area contributed by atoms with Crippen molar-refractivity contribution in [2.75, 3.05) is 13.1 Å².